The van der Waals surface area contributed by atoms with Crippen LogP contribution >= 0.6 is 24.0 Å². The van der Waals surface area contributed by atoms with Gasteiger partial charge in [0.15, 0.2) is 5.96 Å². The van der Waals surface area contributed by atoms with Crippen molar-refractivity contribution in [2.45, 2.75) is 39.0 Å². The van der Waals surface area contributed by atoms with Gasteiger partial charge in [0.25, 0.3) is 0 Å². The van der Waals surface area contributed by atoms with Crippen LogP contribution in [0.15, 0.2) is 53.5 Å². The summed E-state index contributed by atoms with van der Waals surface area (Å²) in [6.45, 7) is 2.81. The van der Waals surface area contributed by atoms with Crippen molar-refractivity contribution < 1.29 is 18.0 Å². The summed E-state index contributed by atoms with van der Waals surface area (Å²) in [5.41, 5.74) is 1.79. The van der Waals surface area contributed by atoms with E-state index in [4.69, 9.17) is 0 Å². The Morgan fingerprint density at radius 1 is 0.933 bits per heavy atom. The van der Waals surface area contributed by atoms with Crippen LogP contribution in [0.4, 0.5) is 18.9 Å². The van der Waals surface area contributed by atoms with E-state index in [1.54, 1.807) is 7.05 Å². The van der Waals surface area contributed by atoms with E-state index in [0.717, 1.165) is 29.8 Å². The van der Waals surface area contributed by atoms with Crippen LogP contribution in [-0.4, -0.2) is 18.9 Å². The number of amides is 1. The molecule has 164 valence electrons. The highest BCUT2D eigenvalue weighted by Gasteiger charge is 2.29. The summed E-state index contributed by atoms with van der Waals surface area (Å²) in [7, 11) is 1.62. The first-order valence-electron chi connectivity index (χ1n) is 9.31. The highest BCUT2D eigenvalue weighted by atomic mass is 127. The Hall–Kier alpha value is -2.30. The summed E-state index contributed by atoms with van der Waals surface area (Å²) in [6, 6.07) is 12.5. The van der Waals surface area contributed by atoms with Crippen LogP contribution in [0.3, 0.4) is 0 Å². The van der Waals surface area contributed by atoms with E-state index in [9.17, 15) is 18.0 Å². The van der Waals surface area contributed by atoms with Gasteiger partial charge in [-0.25, -0.2) is 0 Å². The number of guanidine groups is 1. The molecule has 0 aliphatic heterocycles. The Balaban J connectivity index is 0.00000450. The van der Waals surface area contributed by atoms with Crippen molar-refractivity contribution in [1.29, 1.82) is 0 Å². The third-order valence-corrected chi connectivity index (χ3v) is 4.14. The molecule has 0 radical (unpaired) electrons. The molecule has 0 saturated heterocycles. The Labute approximate surface area is 191 Å². The lowest BCUT2D eigenvalue weighted by Crippen LogP contribution is -2.36. The molecule has 2 rings (SSSR count). The van der Waals surface area contributed by atoms with Crippen molar-refractivity contribution in [1.82, 2.24) is 10.6 Å². The predicted octanol–water partition coefficient (Wildman–Crippen LogP) is 4.93. The number of carbonyl (C=O) groups is 1. The lowest BCUT2D eigenvalue weighted by Gasteiger charge is -2.13. The molecule has 0 heterocycles. The van der Waals surface area contributed by atoms with Crippen molar-refractivity contribution in [3.63, 3.8) is 0 Å². The summed E-state index contributed by atoms with van der Waals surface area (Å²) >= 11 is 0. The average molecular weight is 534 g/mol. The second-order valence-corrected chi connectivity index (χ2v) is 6.47. The van der Waals surface area contributed by atoms with E-state index >= 15 is 0 Å². The molecule has 0 aliphatic rings. The van der Waals surface area contributed by atoms with Crippen molar-refractivity contribution in [3.05, 3.63) is 65.2 Å². The van der Waals surface area contributed by atoms with Gasteiger partial charge in [-0.3, -0.25) is 9.79 Å². The van der Waals surface area contributed by atoms with Crippen LogP contribution in [-0.2, 0) is 24.1 Å². The molecule has 0 aliphatic carbocycles. The maximum Gasteiger partial charge on any atom is 0.416 e. The number of aliphatic imine (C=N–C) groups is 1. The molecule has 9 heteroatoms. The number of alkyl halides is 3. The SMILES string of the molecule is CCCC(=O)Nc1ccc(CNC(=NC)NCc2ccc(C(F)(F)F)cc2)cc1.I. The fourth-order valence-electron chi connectivity index (χ4n) is 2.56. The normalized spacial score (nSPS) is 11.4. The molecule has 0 aromatic heterocycles. The fourth-order valence-corrected chi connectivity index (χ4v) is 2.56. The van der Waals surface area contributed by atoms with E-state index in [2.05, 4.69) is 20.9 Å². The molecule has 0 saturated carbocycles. The van der Waals surface area contributed by atoms with Crippen molar-refractivity contribution in [2.75, 3.05) is 12.4 Å². The van der Waals surface area contributed by atoms with E-state index in [1.165, 1.54) is 12.1 Å². The lowest BCUT2D eigenvalue weighted by atomic mass is 10.1. The summed E-state index contributed by atoms with van der Waals surface area (Å²) in [5, 5.41) is 9.04. The number of benzene rings is 2. The zero-order valence-electron chi connectivity index (χ0n) is 16.8. The van der Waals surface area contributed by atoms with E-state index in [0.29, 0.717) is 31.0 Å². The topological polar surface area (TPSA) is 65.5 Å². The lowest BCUT2D eigenvalue weighted by molar-refractivity contribution is -0.137. The van der Waals surface area contributed by atoms with Crippen molar-refractivity contribution in [3.8, 4) is 0 Å². The number of hydrogen-bond acceptors (Lipinski definition) is 2. The Morgan fingerprint density at radius 3 is 1.87 bits per heavy atom. The minimum absolute atomic E-state index is 0. The third-order valence-electron chi connectivity index (χ3n) is 4.14. The minimum Gasteiger partial charge on any atom is -0.352 e. The maximum absolute atomic E-state index is 12.6. The van der Waals surface area contributed by atoms with Gasteiger partial charge in [0.1, 0.15) is 0 Å². The molecule has 0 bridgehead atoms. The number of halogens is 4. The van der Waals surface area contributed by atoms with Crippen LogP contribution in [0.1, 0.15) is 36.5 Å². The molecule has 2 aromatic carbocycles. The van der Waals surface area contributed by atoms with Gasteiger partial charge in [-0.15, -0.1) is 24.0 Å². The van der Waals surface area contributed by atoms with Gasteiger partial charge in [-0.05, 0) is 41.8 Å². The molecule has 2 aromatic rings. The highest BCUT2D eigenvalue weighted by molar-refractivity contribution is 14.0. The van der Waals surface area contributed by atoms with E-state index in [-0.39, 0.29) is 29.9 Å². The molecule has 30 heavy (non-hydrogen) atoms. The molecule has 1 amide bonds. The van der Waals surface area contributed by atoms with Gasteiger partial charge in [-0.2, -0.15) is 13.2 Å². The second-order valence-electron chi connectivity index (χ2n) is 6.47. The zero-order valence-corrected chi connectivity index (χ0v) is 19.2. The van der Waals surface area contributed by atoms with Crippen LogP contribution < -0.4 is 16.0 Å². The first-order valence-corrected chi connectivity index (χ1v) is 9.31. The minimum atomic E-state index is -4.34. The van der Waals surface area contributed by atoms with E-state index in [1.807, 2.05) is 31.2 Å². The summed E-state index contributed by atoms with van der Waals surface area (Å²) in [6.07, 6.45) is -3.05. The smallest absolute Gasteiger partial charge is 0.352 e. The molecule has 0 atom stereocenters. The predicted molar refractivity (Wildman–Crippen MR) is 124 cm³/mol. The molecule has 3 N–H and O–H groups in total. The van der Waals surface area contributed by atoms with Crippen LogP contribution in [0.25, 0.3) is 0 Å². The first kappa shape index (κ1) is 25.7. The average Bonchev–Trinajstić information content (AvgIpc) is 2.69. The van der Waals surface area contributed by atoms with Crippen LogP contribution in [0.2, 0.25) is 0 Å². The quantitative estimate of drug-likeness (QED) is 0.268. The number of rotatable bonds is 7. The molecular weight excluding hydrogens is 508 g/mol. The van der Waals surface area contributed by atoms with Crippen LogP contribution in [0, 0.1) is 0 Å². The van der Waals surface area contributed by atoms with Crippen LogP contribution in [0.5, 0.6) is 0 Å². The number of nitrogens with one attached hydrogen (secondary N) is 3. The van der Waals surface area contributed by atoms with Gasteiger partial charge < -0.3 is 16.0 Å². The Morgan fingerprint density at radius 2 is 1.43 bits per heavy atom. The van der Waals surface area contributed by atoms with Gasteiger partial charge >= 0.3 is 6.18 Å². The van der Waals surface area contributed by atoms with Crippen molar-refractivity contribution in [2.24, 2.45) is 4.99 Å². The number of nitrogens with zero attached hydrogens (tertiary/aromatic N) is 1. The second kappa shape index (κ2) is 12.4. The molecule has 5 nitrogen and oxygen atoms in total. The molecule has 0 fully saturated rings. The van der Waals surface area contributed by atoms with Gasteiger partial charge in [0.2, 0.25) is 5.91 Å². The van der Waals surface area contributed by atoms with Gasteiger partial charge in [0, 0.05) is 32.2 Å². The summed E-state index contributed by atoms with van der Waals surface area (Å²) in [5.74, 6) is 0.525. The number of anilines is 1. The van der Waals surface area contributed by atoms with Gasteiger partial charge in [0.05, 0.1) is 5.56 Å². The molecule has 0 unspecified atom stereocenters. The van der Waals surface area contributed by atoms with Crippen molar-refractivity contribution >= 4 is 41.5 Å². The first-order chi connectivity index (χ1) is 13.8. The fraction of sp³-hybridized carbons (Fsp3) is 0.333. The monoisotopic (exact) mass is 534 g/mol. The molecule has 0 spiro atoms. The maximum atomic E-state index is 12.6. The standard InChI is InChI=1S/C21H25F3N4O.HI/c1-3-4-19(29)28-18-11-7-16(8-12-18)14-27-20(25-2)26-13-15-5-9-17(10-6-15)21(22,23)24;/h5-12H,3-4,13-14H2,1-2H3,(H,28,29)(H2,25,26,27);1H. The number of hydrogen-bond donors (Lipinski definition) is 3. The highest BCUT2D eigenvalue weighted by Crippen LogP contribution is 2.29. The Bertz CT molecular complexity index is 822. The largest absolute Gasteiger partial charge is 0.416 e. The number of carbonyl (C=O) groups excluding carboxylic acids is 1. The molecular formula is C21H26F3IN4O. The third kappa shape index (κ3) is 8.60. The zero-order chi connectivity index (χ0) is 21.3. The van der Waals surface area contributed by atoms with E-state index < -0.39 is 11.7 Å². The Kier molecular flexibility index (Phi) is 10.6. The summed E-state index contributed by atoms with van der Waals surface area (Å²) in [4.78, 5) is 15.7. The van der Waals surface area contributed by atoms with Gasteiger partial charge in [-0.1, -0.05) is 31.2 Å². The summed E-state index contributed by atoms with van der Waals surface area (Å²) < 4.78 is 37.8.